The molecular weight excluding hydrogens is 320 g/mol. The Balaban J connectivity index is 2.04. The van der Waals surface area contributed by atoms with E-state index in [1.807, 2.05) is 36.6 Å². The van der Waals surface area contributed by atoms with E-state index in [0.717, 1.165) is 13.0 Å². The van der Waals surface area contributed by atoms with Gasteiger partial charge in [0.05, 0.1) is 0 Å². The SMILES string of the molecule is Cc1ccn(C(C)CN(C)C)c(=O)c1C(=O)NCCCn1cnnc1. The van der Waals surface area contributed by atoms with Crippen molar-refractivity contribution in [3.05, 3.63) is 46.4 Å². The summed E-state index contributed by atoms with van der Waals surface area (Å²) in [5.41, 5.74) is 0.665. The predicted molar refractivity (Wildman–Crippen MR) is 95.7 cm³/mol. The van der Waals surface area contributed by atoms with Crippen molar-refractivity contribution in [3.63, 3.8) is 0 Å². The van der Waals surface area contributed by atoms with Gasteiger partial charge in [0, 0.05) is 31.9 Å². The molecule has 0 saturated carbocycles. The van der Waals surface area contributed by atoms with Gasteiger partial charge in [-0.1, -0.05) is 0 Å². The monoisotopic (exact) mass is 346 g/mol. The van der Waals surface area contributed by atoms with E-state index in [4.69, 9.17) is 0 Å². The van der Waals surface area contributed by atoms with Crippen LogP contribution in [-0.2, 0) is 6.54 Å². The number of aryl methyl sites for hydroxylation is 2. The second-order valence-corrected chi connectivity index (χ2v) is 6.51. The van der Waals surface area contributed by atoms with Crippen LogP contribution in [0.3, 0.4) is 0 Å². The second kappa shape index (κ2) is 8.57. The number of nitrogens with zero attached hydrogens (tertiary/aromatic N) is 5. The zero-order chi connectivity index (χ0) is 18.4. The number of pyridine rings is 1. The van der Waals surface area contributed by atoms with Gasteiger partial charge in [0.25, 0.3) is 11.5 Å². The van der Waals surface area contributed by atoms with Crippen LogP contribution in [0, 0.1) is 6.92 Å². The van der Waals surface area contributed by atoms with E-state index in [2.05, 4.69) is 15.5 Å². The zero-order valence-corrected chi connectivity index (χ0v) is 15.3. The number of carbonyl (C=O) groups is 1. The van der Waals surface area contributed by atoms with Crippen molar-refractivity contribution in [2.45, 2.75) is 32.9 Å². The molecule has 1 unspecified atom stereocenters. The lowest BCUT2D eigenvalue weighted by molar-refractivity contribution is 0.0949. The highest BCUT2D eigenvalue weighted by Gasteiger charge is 2.18. The van der Waals surface area contributed by atoms with Gasteiger partial charge in [0.1, 0.15) is 18.2 Å². The molecule has 8 heteroatoms. The number of carbonyl (C=O) groups excluding carboxylic acids is 1. The maximum absolute atomic E-state index is 12.7. The number of rotatable bonds is 8. The maximum Gasteiger partial charge on any atom is 0.263 e. The number of likely N-dealkylation sites (N-methyl/N-ethyl adjacent to an activating group) is 1. The standard InChI is InChI=1S/C17H26N6O2/c1-13-6-9-23(14(2)10-21(3)4)17(25)15(13)16(24)18-7-5-8-22-11-19-20-12-22/h6,9,11-12,14H,5,7-8,10H2,1-4H3,(H,18,24). The van der Waals surface area contributed by atoms with Crippen molar-refractivity contribution in [2.75, 3.05) is 27.2 Å². The molecule has 0 spiro atoms. The van der Waals surface area contributed by atoms with E-state index in [1.165, 1.54) is 0 Å². The molecule has 25 heavy (non-hydrogen) atoms. The number of hydrogen-bond acceptors (Lipinski definition) is 5. The fourth-order valence-corrected chi connectivity index (χ4v) is 2.77. The first-order valence-corrected chi connectivity index (χ1v) is 8.37. The van der Waals surface area contributed by atoms with E-state index in [1.54, 1.807) is 30.3 Å². The Morgan fingerprint density at radius 3 is 2.64 bits per heavy atom. The van der Waals surface area contributed by atoms with Gasteiger partial charge < -0.3 is 19.4 Å². The van der Waals surface area contributed by atoms with Crippen molar-refractivity contribution in [3.8, 4) is 0 Å². The van der Waals surface area contributed by atoms with E-state index < -0.39 is 0 Å². The second-order valence-electron chi connectivity index (χ2n) is 6.51. The lowest BCUT2D eigenvalue weighted by atomic mass is 10.1. The smallest absolute Gasteiger partial charge is 0.263 e. The third-order valence-electron chi connectivity index (χ3n) is 4.00. The summed E-state index contributed by atoms with van der Waals surface area (Å²) in [7, 11) is 3.91. The fourth-order valence-electron chi connectivity index (χ4n) is 2.77. The average molecular weight is 346 g/mol. The Hall–Kier alpha value is -2.48. The zero-order valence-electron chi connectivity index (χ0n) is 15.3. The Morgan fingerprint density at radius 1 is 1.32 bits per heavy atom. The third-order valence-corrected chi connectivity index (χ3v) is 4.00. The van der Waals surface area contributed by atoms with E-state index in [0.29, 0.717) is 18.7 Å². The van der Waals surface area contributed by atoms with Crippen LogP contribution in [0.25, 0.3) is 0 Å². The van der Waals surface area contributed by atoms with Gasteiger partial charge >= 0.3 is 0 Å². The summed E-state index contributed by atoms with van der Waals surface area (Å²) in [6, 6.07) is 1.81. The molecule has 136 valence electrons. The molecule has 1 atom stereocenters. The molecule has 1 amide bonds. The van der Waals surface area contributed by atoms with Gasteiger partial charge in [-0.3, -0.25) is 9.59 Å². The molecular formula is C17H26N6O2. The molecule has 2 aromatic heterocycles. The summed E-state index contributed by atoms with van der Waals surface area (Å²) in [4.78, 5) is 27.2. The first-order valence-electron chi connectivity index (χ1n) is 8.37. The molecule has 0 aliphatic heterocycles. The fraction of sp³-hybridized carbons (Fsp3) is 0.529. The summed E-state index contributed by atoms with van der Waals surface area (Å²) in [5.74, 6) is -0.322. The van der Waals surface area contributed by atoms with E-state index >= 15 is 0 Å². The molecule has 2 aromatic rings. The lowest BCUT2D eigenvalue weighted by Gasteiger charge is -2.20. The topological polar surface area (TPSA) is 85.0 Å². The predicted octanol–water partition coefficient (Wildman–Crippen LogP) is 0.691. The summed E-state index contributed by atoms with van der Waals surface area (Å²) < 4.78 is 3.47. The van der Waals surface area contributed by atoms with Crippen LogP contribution >= 0.6 is 0 Å². The highest BCUT2D eigenvalue weighted by Crippen LogP contribution is 2.08. The van der Waals surface area contributed by atoms with Crippen LogP contribution in [0.4, 0.5) is 0 Å². The van der Waals surface area contributed by atoms with Crippen LogP contribution in [-0.4, -0.2) is 57.3 Å². The van der Waals surface area contributed by atoms with Gasteiger partial charge in [-0.2, -0.15) is 0 Å². The summed E-state index contributed by atoms with van der Waals surface area (Å²) in [6.07, 6.45) is 5.76. The van der Waals surface area contributed by atoms with Crippen molar-refractivity contribution in [1.82, 2.24) is 29.5 Å². The van der Waals surface area contributed by atoms with Gasteiger partial charge in [-0.05, 0) is 46.0 Å². The number of hydrogen-bond donors (Lipinski definition) is 1. The number of amides is 1. The Bertz CT molecular complexity index is 751. The highest BCUT2D eigenvalue weighted by atomic mass is 16.2. The molecule has 0 radical (unpaired) electrons. The van der Waals surface area contributed by atoms with Crippen LogP contribution in [0.2, 0.25) is 0 Å². The van der Waals surface area contributed by atoms with Gasteiger partial charge in [0.15, 0.2) is 0 Å². The van der Waals surface area contributed by atoms with Crippen LogP contribution < -0.4 is 10.9 Å². The minimum atomic E-state index is -0.322. The molecule has 2 rings (SSSR count). The van der Waals surface area contributed by atoms with Gasteiger partial charge in [0.2, 0.25) is 0 Å². The molecule has 0 aromatic carbocycles. The molecule has 0 aliphatic carbocycles. The molecule has 0 aliphatic rings. The summed E-state index contributed by atoms with van der Waals surface area (Å²) in [5, 5.41) is 10.3. The highest BCUT2D eigenvalue weighted by molar-refractivity contribution is 5.95. The van der Waals surface area contributed by atoms with Crippen LogP contribution in [0.5, 0.6) is 0 Å². The van der Waals surface area contributed by atoms with E-state index in [9.17, 15) is 9.59 Å². The van der Waals surface area contributed by atoms with Crippen LogP contribution in [0.15, 0.2) is 29.7 Å². The van der Waals surface area contributed by atoms with Gasteiger partial charge in [-0.15, -0.1) is 10.2 Å². The quantitative estimate of drug-likeness (QED) is 0.711. The average Bonchev–Trinajstić information content (AvgIpc) is 3.04. The summed E-state index contributed by atoms with van der Waals surface area (Å²) >= 11 is 0. The maximum atomic E-state index is 12.7. The minimum Gasteiger partial charge on any atom is -0.352 e. The van der Waals surface area contributed by atoms with Crippen LogP contribution in [0.1, 0.15) is 35.3 Å². The molecule has 0 fully saturated rings. The Labute approximate surface area is 147 Å². The molecule has 8 nitrogen and oxygen atoms in total. The molecule has 1 N–H and O–H groups in total. The lowest BCUT2D eigenvalue weighted by Crippen LogP contribution is -2.37. The Morgan fingerprint density at radius 2 is 2.00 bits per heavy atom. The largest absolute Gasteiger partial charge is 0.352 e. The Kier molecular flexibility index (Phi) is 6.46. The molecule has 2 heterocycles. The van der Waals surface area contributed by atoms with Gasteiger partial charge in [-0.25, -0.2) is 0 Å². The minimum absolute atomic E-state index is 0.0107. The third kappa shape index (κ3) is 4.99. The number of nitrogens with one attached hydrogen (secondary N) is 1. The summed E-state index contributed by atoms with van der Waals surface area (Å²) in [6.45, 7) is 5.68. The number of aromatic nitrogens is 4. The van der Waals surface area contributed by atoms with Crippen molar-refractivity contribution < 1.29 is 4.79 Å². The van der Waals surface area contributed by atoms with Crippen molar-refractivity contribution in [2.24, 2.45) is 0 Å². The first-order chi connectivity index (χ1) is 11.9. The van der Waals surface area contributed by atoms with Crippen molar-refractivity contribution >= 4 is 5.91 Å². The molecule has 0 saturated heterocycles. The molecule has 0 bridgehead atoms. The van der Waals surface area contributed by atoms with Crippen molar-refractivity contribution in [1.29, 1.82) is 0 Å². The van der Waals surface area contributed by atoms with E-state index in [-0.39, 0.29) is 23.1 Å². The normalized spacial score (nSPS) is 12.4. The first kappa shape index (κ1) is 18.9.